The van der Waals surface area contributed by atoms with Crippen molar-refractivity contribution >= 4 is 28.4 Å². The van der Waals surface area contributed by atoms with Gasteiger partial charge in [0.1, 0.15) is 24.5 Å². The maximum atomic E-state index is 12.2. The molecule has 0 spiro atoms. The third kappa shape index (κ3) is 4.40. The number of hydrogen-bond acceptors (Lipinski definition) is 6. The summed E-state index contributed by atoms with van der Waals surface area (Å²) in [4.78, 5) is 23.0. The fourth-order valence-corrected chi connectivity index (χ4v) is 3.29. The number of rotatable bonds is 7. The number of ether oxygens (including phenoxy) is 1. The van der Waals surface area contributed by atoms with Crippen LogP contribution in [-0.4, -0.2) is 59.8 Å². The van der Waals surface area contributed by atoms with Gasteiger partial charge in [-0.2, -0.15) is 0 Å². The van der Waals surface area contributed by atoms with Crippen LogP contribution >= 0.6 is 0 Å². The van der Waals surface area contributed by atoms with Gasteiger partial charge in [-0.3, -0.25) is 4.79 Å². The van der Waals surface area contributed by atoms with Crippen molar-refractivity contribution in [3.8, 4) is 0 Å². The zero-order chi connectivity index (χ0) is 19.2. The molecule has 0 atom stereocenters. The number of nitrogens with zero attached hydrogens (tertiary/aromatic N) is 4. The molecule has 0 aliphatic carbocycles. The highest BCUT2D eigenvalue weighted by atomic mass is 16.5. The molecule has 146 valence electrons. The minimum absolute atomic E-state index is 0.0140. The van der Waals surface area contributed by atoms with Gasteiger partial charge in [-0.1, -0.05) is 18.2 Å². The summed E-state index contributed by atoms with van der Waals surface area (Å²) in [6.07, 6.45) is 3.50. The molecule has 2 N–H and O–H groups in total. The molecule has 1 aromatic carbocycles. The molecule has 0 unspecified atom stereocenters. The largest absolute Gasteiger partial charge is 0.378 e. The molecule has 8 nitrogen and oxygen atoms in total. The maximum absolute atomic E-state index is 12.2. The Kier molecular flexibility index (Phi) is 5.67. The van der Waals surface area contributed by atoms with Gasteiger partial charge in [0.25, 0.3) is 0 Å². The number of carbonyl (C=O) groups is 1. The quantitative estimate of drug-likeness (QED) is 0.605. The fourth-order valence-electron chi connectivity index (χ4n) is 3.29. The van der Waals surface area contributed by atoms with Gasteiger partial charge >= 0.3 is 0 Å². The number of morpholine rings is 1. The number of anilines is 2. The summed E-state index contributed by atoms with van der Waals surface area (Å²) in [7, 11) is 0. The third-order valence-electron chi connectivity index (χ3n) is 4.74. The van der Waals surface area contributed by atoms with Crippen LogP contribution in [-0.2, 0) is 16.1 Å². The van der Waals surface area contributed by atoms with Crippen LogP contribution in [0.5, 0.6) is 0 Å². The summed E-state index contributed by atoms with van der Waals surface area (Å²) in [6.45, 7) is 4.53. The number of carbonyl (C=O) groups excluding carboxylic acids is 1. The first-order chi connectivity index (χ1) is 13.8. The van der Waals surface area contributed by atoms with Crippen LogP contribution in [0.4, 0.5) is 11.6 Å². The Morgan fingerprint density at radius 2 is 1.96 bits per heavy atom. The van der Waals surface area contributed by atoms with Crippen LogP contribution in [0.1, 0.15) is 0 Å². The number of benzene rings is 1. The fraction of sp³-hybridized carbons (Fsp3) is 0.350. The highest BCUT2D eigenvalue weighted by molar-refractivity contribution is 5.83. The van der Waals surface area contributed by atoms with E-state index >= 15 is 0 Å². The molecular weight excluding hydrogens is 356 g/mol. The van der Waals surface area contributed by atoms with Crippen LogP contribution in [0.2, 0.25) is 0 Å². The lowest BCUT2D eigenvalue weighted by Gasteiger charge is -2.27. The van der Waals surface area contributed by atoms with E-state index in [0.29, 0.717) is 19.6 Å². The van der Waals surface area contributed by atoms with Gasteiger partial charge < -0.3 is 24.8 Å². The normalized spacial score (nSPS) is 14.2. The second-order valence-corrected chi connectivity index (χ2v) is 6.64. The van der Waals surface area contributed by atoms with E-state index < -0.39 is 0 Å². The van der Waals surface area contributed by atoms with E-state index in [0.717, 1.165) is 48.8 Å². The summed E-state index contributed by atoms with van der Waals surface area (Å²) in [6, 6.07) is 12.0. The van der Waals surface area contributed by atoms with Crippen molar-refractivity contribution in [3.05, 3.63) is 48.9 Å². The van der Waals surface area contributed by atoms with Gasteiger partial charge in [-0.05, 0) is 17.5 Å². The number of hydrogen-bond donors (Lipinski definition) is 2. The summed E-state index contributed by atoms with van der Waals surface area (Å²) in [5.74, 6) is 1.63. The number of nitrogens with one attached hydrogen (secondary N) is 2. The van der Waals surface area contributed by atoms with E-state index in [1.165, 1.54) is 0 Å². The Balaban J connectivity index is 1.24. The smallest absolute Gasteiger partial charge is 0.240 e. The van der Waals surface area contributed by atoms with Crippen molar-refractivity contribution in [1.29, 1.82) is 0 Å². The van der Waals surface area contributed by atoms with Crippen molar-refractivity contribution in [2.45, 2.75) is 6.54 Å². The summed E-state index contributed by atoms with van der Waals surface area (Å²) < 4.78 is 7.33. The number of fused-ring (bicyclic) bond motifs is 1. The van der Waals surface area contributed by atoms with Crippen LogP contribution < -0.4 is 15.5 Å². The van der Waals surface area contributed by atoms with Gasteiger partial charge in [0.15, 0.2) is 0 Å². The Morgan fingerprint density at radius 3 is 2.86 bits per heavy atom. The molecule has 3 heterocycles. The average Bonchev–Trinajstić information content (AvgIpc) is 3.15. The molecule has 0 radical (unpaired) electrons. The van der Waals surface area contributed by atoms with Gasteiger partial charge in [0, 0.05) is 44.0 Å². The first-order valence-corrected chi connectivity index (χ1v) is 9.49. The van der Waals surface area contributed by atoms with E-state index in [-0.39, 0.29) is 5.91 Å². The van der Waals surface area contributed by atoms with Crippen molar-refractivity contribution < 1.29 is 9.53 Å². The van der Waals surface area contributed by atoms with Crippen LogP contribution in [0, 0.1) is 0 Å². The summed E-state index contributed by atoms with van der Waals surface area (Å²) in [5.41, 5.74) is 1.06. The Hall–Kier alpha value is -3.13. The van der Waals surface area contributed by atoms with Gasteiger partial charge in [0.05, 0.1) is 13.2 Å². The van der Waals surface area contributed by atoms with E-state index in [2.05, 4.69) is 25.5 Å². The first kappa shape index (κ1) is 18.2. The van der Waals surface area contributed by atoms with Crippen LogP contribution in [0.25, 0.3) is 10.9 Å². The molecule has 1 amide bonds. The molecule has 4 rings (SSSR count). The van der Waals surface area contributed by atoms with Crippen molar-refractivity contribution in [3.63, 3.8) is 0 Å². The molecular formula is C20H24N6O2. The lowest BCUT2D eigenvalue weighted by atomic mass is 10.2. The molecule has 0 bridgehead atoms. The number of aromatic nitrogens is 3. The molecule has 0 saturated carbocycles. The van der Waals surface area contributed by atoms with Crippen molar-refractivity contribution in [1.82, 2.24) is 19.9 Å². The molecule has 8 heteroatoms. The van der Waals surface area contributed by atoms with Gasteiger partial charge in [-0.25, -0.2) is 9.97 Å². The summed E-state index contributed by atoms with van der Waals surface area (Å²) >= 11 is 0. The van der Waals surface area contributed by atoms with Gasteiger partial charge in [0.2, 0.25) is 5.91 Å². The van der Waals surface area contributed by atoms with Crippen molar-refractivity contribution in [2.75, 3.05) is 49.6 Å². The lowest BCUT2D eigenvalue weighted by Crippen LogP contribution is -2.36. The van der Waals surface area contributed by atoms with Crippen molar-refractivity contribution in [2.24, 2.45) is 0 Å². The molecule has 2 aromatic heterocycles. The zero-order valence-corrected chi connectivity index (χ0v) is 15.7. The lowest BCUT2D eigenvalue weighted by molar-refractivity contribution is -0.121. The maximum Gasteiger partial charge on any atom is 0.240 e. The minimum Gasteiger partial charge on any atom is -0.378 e. The van der Waals surface area contributed by atoms with Crippen LogP contribution in [0.15, 0.2) is 48.9 Å². The van der Waals surface area contributed by atoms with E-state index in [9.17, 15) is 4.79 Å². The number of amides is 1. The second-order valence-electron chi connectivity index (χ2n) is 6.64. The third-order valence-corrected chi connectivity index (χ3v) is 4.74. The minimum atomic E-state index is -0.0140. The van der Waals surface area contributed by atoms with Gasteiger partial charge in [-0.15, -0.1) is 0 Å². The monoisotopic (exact) mass is 380 g/mol. The van der Waals surface area contributed by atoms with E-state index in [1.807, 2.05) is 47.2 Å². The predicted molar refractivity (Wildman–Crippen MR) is 109 cm³/mol. The Bertz CT molecular complexity index is 935. The van der Waals surface area contributed by atoms with Crippen LogP contribution in [0.3, 0.4) is 0 Å². The highest BCUT2D eigenvalue weighted by Gasteiger charge is 2.13. The zero-order valence-electron chi connectivity index (χ0n) is 15.7. The summed E-state index contributed by atoms with van der Waals surface area (Å²) in [5, 5.41) is 7.31. The molecule has 1 fully saturated rings. The predicted octanol–water partition coefficient (Wildman–Crippen LogP) is 1.50. The Labute approximate surface area is 163 Å². The second kappa shape index (κ2) is 8.71. The van der Waals surface area contributed by atoms with E-state index in [4.69, 9.17) is 4.74 Å². The molecule has 1 aliphatic rings. The van der Waals surface area contributed by atoms with E-state index in [1.54, 1.807) is 6.33 Å². The molecule has 28 heavy (non-hydrogen) atoms. The highest BCUT2D eigenvalue weighted by Crippen LogP contribution is 2.16. The Morgan fingerprint density at radius 1 is 1.11 bits per heavy atom. The molecule has 1 saturated heterocycles. The first-order valence-electron chi connectivity index (χ1n) is 9.49. The number of para-hydroxylation sites is 1. The molecule has 3 aromatic rings. The molecule has 1 aliphatic heterocycles. The average molecular weight is 380 g/mol. The topological polar surface area (TPSA) is 84.3 Å². The standard InChI is InChI=1S/C20H24N6O2/c27-20(14-26-8-5-16-3-1-2-4-17(16)26)22-7-6-21-18-13-19(24-15-23-18)25-9-11-28-12-10-25/h1-5,8,13,15H,6-7,9-12,14H2,(H,22,27)(H,21,23,24). The SMILES string of the molecule is O=C(Cn1ccc2ccccc21)NCCNc1cc(N2CCOCC2)ncn1.